The molecule has 1 amide bonds. The lowest BCUT2D eigenvalue weighted by Crippen LogP contribution is -2.38. The summed E-state index contributed by atoms with van der Waals surface area (Å²) in [7, 11) is 0. The molecule has 2 aromatic rings. The van der Waals surface area contributed by atoms with E-state index in [0.717, 1.165) is 17.8 Å². The second kappa shape index (κ2) is 8.14. The number of hydrogen-bond donors (Lipinski definition) is 2. The van der Waals surface area contributed by atoms with Crippen LogP contribution >= 0.6 is 0 Å². The van der Waals surface area contributed by atoms with Crippen LogP contribution in [0.15, 0.2) is 48.7 Å². The molecule has 1 aromatic carbocycles. The largest absolute Gasteiger partial charge is 0.394 e. The van der Waals surface area contributed by atoms with Gasteiger partial charge >= 0.3 is 0 Å². The molecule has 2 rings (SSSR count). The predicted octanol–water partition coefficient (Wildman–Crippen LogP) is 1.64. The van der Waals surface area contributed by atoms with Crippen LogP contribution < -0.4 is 5.32 Å². The van der Waals surface area contributed by atoms with Crippen LogP contribution in [0.4, 0.5) is 0 Å². The number of aliphatic hydroxyl groups is 1. The quantitative estimate of drug-likeness (QED) is 0.764. The monoisotopic (exact) mass is 299 g/mol. The zero-order chi connectivity index (χ0) is 15.8. The fourth-order valence-corrected chi connectivity index (χ4v) is 2.22. The second-order valence-corrected chi connectivity index (χ2v) is 4.98. The molecule has 0 bridgehead atoms. The molecule has 0 spiro atoms. The van der Waals surface area contributed by atoms with Crippen molar-refractivity contribution in [2.24, 2.45) is 0 Å². The number of aromatic nitrogens is 2. The molecule has 5 nitrogen and oxygen atoms in total. The first kappa shape index (κ1) is 16.0. The van der Waals surface area contributed by atoms with E-state index < -0.39 is 0 Å². The number of amides is 1. The number of aryl methyl sites for hydroxylation is 1. The Hall–Kier alpha value is -2.40. The normalized spacial score (nSPS) is 12.5. The van der Waals surface area contributed by atoms with Crippen LogP contribution in [0, 0.1) is 0 Å². The maximum atomic E-state index is 12.0. The van der Waals surface area contributed by atoms with E-state index >= 15 is 0 Å². The van der Waals surface area contributed by atoms with Crippen molar-refractivity contribution in [1.29, 1.82) is 0 Å². The zero-order valence-electron chi connectivity index (χ0n) is 12.6. The van der Waals surface area contributed by atoms with Gasteiger partial charge in [-0.15, -0.1) is 0 Å². The van der Waals surface area contributed by atoms with Crippen molar-refractivity contribution in [3.63, 3.8) is 0 Å². The molecule has 0 fully saturated rings. The minimum Gasteiger partial charge on any atom is -0.394 e. The maximum absolute atomic E-state index is 12.0. The third-order valence-electron chi connectivity index (χ3n) is 3.35. The summed E-state index contributed by atoms with van der Waals surface area (Å²) in [6.07, 6.45) is 5.50. The first-order valence-corrected chi connectivity index (χ1v) is 7.38. The summed E-state index contributed by atoms with van der Waals surface area (Å²) in [5.74, 6) is -0.223. The van der Waals surface area contributed by atoms with Gasteiger partial charge in [-0.1, -0.05) is 30.3 Å². The molecular weight excluding hydrogens is 278 g/mol. The van der Waals surface area contributed by atoms with E-state index in [4.69, 9.17) is 0 Å². The van der Waals surface area contributed by atoms with Crippen molar-refractivity contribution in [2.45, 2.75) is 25.9 Å². The van der Waals surface area contributed by atoms with Gasteiger partial charge in [-0.3, -0.25) is 9.48 Å². The van der Waals surface area contributed by atoms with Crippen LogP contribution in [0.5, 0.6) is 0 Å². The molecule has 0 saturated carbocycles. The summed E-state index contributed by atoms with van der Waals surface area (Å²) < 4.78 is 1.80. The van der Waals surface area contributed by atoms with Crippen molar-refractivity contribution < 1.29 is 9.90 Å². The third kappa shape index (κ3) is 4.56. The first-order chi connectivity index (χ1) is 10.7. The molecule has 116 valence electrons. The Morgan fingerprint density at radius 3 is 2.82 bits per heavy atom. The molecule has 22 heavy (non-hydrogen) atoms. The molecular formula is C17H21N3O2. The molecule has 0 aliphatic rings. The van der Waals surface area contributed by atoms with Gasteiger partial charge < -0.3 is 10.4 Å². The number of benzene rings is 1. The number of hydrogen-bond acceptors (Lipinski definition) is 3. The van der Waals surface area contributed by atoms with E-state index in [9.17, 15) is 9.90 Å². The van der Waals surface area contributed by atoms with E-state index in [1.165, 1.54) is 6.08 Å². The Morgan fingerprint density at radius 1 is 1.36 bits per heavy atom. The van der Waals surface area contributed by atoms with Crippen molar-refractivity contribution in [3.05, 3.63) is 59.9 Å². The predicted molar refractivity (Wildman–Crippen MR) is 86.1 cm³/mol. The molecule has 1 heterocycles. The Bertz CT molecular complexity index is 620. The number of nitrogens with zero attached hydrogens (tertiary/aromatic N) is 2. The first-order valence-electron chi connectivity index (χ1n) is 7.38. The molecule has 0 saturated heterocycles. The van der Waals surface area contributed by atoms with Gasteiger partial charge in [0.05, 0.1) is 18.3 Å². The minimum absolute atomic E-state index is 0.0959. The topological polar surface area (TPSA) is 67.2 Å². The summed E-state index contributed by atoms with van der Waals surface area (Å²) in [6.45, 7) is 2.65. The zero-order valence-corrected chi connectivity index (χ0v) is 12.6. The van der Waals surface area contributed by atoms with Gasteiger partial charge in [0, 0.05) is 18.8 Å². The molecule has 0 radical (unpaired) electrons. The van der Waals surface area contributed by atoms with E-state index in [1.807, 2.05) is 43.3 Å². The van der Waals surface area contributed by atoms with Crippen LogP contribution in [0.1, 0.15) is 18.2 Å². The summed E-state index contributed by atoms with van der Waals surface area (Å²) in [6, 6.07) is 11.3. The summed E-state index contributed by atoms with van der Waals surface area (Å²) in [5, 5.41) is 16.4. The average molecular weight is 299 g/mol. The molecule has 0 aliphatic heterocycles. The number of carbonyl (C=O) groups is 1. The Kier molecular flexibility index (Phi) is 5.91. The highest BCUT2D eigenvalue weighted by Crippen LogP contribution is 2.04. The standard InChI is InChI=1S/C17H21N3O2/c1-2-20-16(10-11-18-20)8-9-17(22)19-15(13-21)12-14-6-4-3-5-7-14/h3-11,15,21H,2,12-13H2,1H3,(H,19,22)/b9-8+. The Morgan fingerprint density at radius 2 is 2.14 bits per heavy atom. The molecule has 0 aliphatic carbocycles. The highest BCUT2D eigenvalue weighted by molar-refractivity contribution is 5.91. The number of carbonyl (C=O) groups excluding carboxylic acids is 1. The van der Waals surface area contributed by atoms with Gasteiger partial charge in [-0.25, -0.2) is 0 Å². The Labute approximate surface area is 130 Å². The SMILES string of the molecule is CCn1nccc1/C=C/C(=O)NC(CO)Cc1ccccc1. The lowest BCUT2D eigenvalue weighted by atomic mass is 10.1. The molecule has 1 aromatic heterocycles. The lowest BCUT2D eigenvalue weighted by Gasteiger charge is -2.15. The van der Waals surface area contributed by atoms with Crippen LogP contribution in [0.3, 0.4) is 0 Å². The molecule has 1 unspecified atom stereocenters. The molecule has 1 atom stereocenters. The van der Waals surface area contributed by atoms with Crippen LogP contribution in [-0.4, -0.2) is 33.4 Å². The third-order valence-corrected chi connectivity index (χ3v) is 3.35. The maximum Gasteiger partial charge on any atom is 0.244 e. The van der Waals surface area contributed by atoms with Crippen molar-refractivity contribution in [1.82, 2.24) is 15.1 Å². The van der Waals surface area contributed by atoms with Crippen LogP contribution in [0.25, 0.3) is 6.08 Å². The highest BCUT2D eigenvalue weighted by atomic mass is 16.3. The second-order valence-electron chi connectivity index (χ2n) is 4.98. The van der Waals surface area contributed by atoms with E-state index in [1.54, 1.807) is 17.0 Å². The van der Waals surface area contributed by atoms with Crippen LogP contribution in [-0.2, 0) is 17.8 Å². The molecule has 5 heteroatoms. The van der Waals surface area contributed by atoms with Gasteiger partial charge in [0.15, 0.2) is 0 Å². The van der Waals surface area contributed by atoms with E-state index in [-0.39, 0.29) is 18.6 Å². The average Bonchev–Trinajstić information content (AvgIpc) is 3.00. The van der Waals surface area contributed by atoms with Crippen molar-refractivity contribution in [2.75, 3.05) is 6.61 Å². The fraction of sp³-hybridized carbons (Fsp3) is 0.294. The summed E-state index contributed by atoms with van der Waals surface area (Å²) in [4.78, 5) is 12.0. The molecule has 2 N–H and O–H groups in total. The van der Waals surface area contributed by atoms with Crippen molar-refractivity contribution in [3.8, 4) is 0 Å². The van der Waals surface area contributed by atoms with Gasteiger partial charge in [0.1, 0.15) is 0 Å². The van der Waals surface area contributed by atoms with Gasteiger partial charge in [0.2, 0.25) is 5.91 Å². The summed E-state index contributed by atoms with van der Waals surface area (Å²) >= 11 is 0. The smallest absolute Gasteiger partial charge is 0.244 e. The minimum atomic E-state index is -0.296. The highest BCUT2D eigenvalue weighted by Gasteiger charge is 2.10. The van der Waals surface area contributed by atoms with Crippen molar-refractivity contribution >= 4 is 12.0 Å². The van der Waals surface area contributed by atoms with Gasteiger partial charge in [-0.05, 0) is 31.1 Å². The lowest BCUT2D eigenvalue weighted by molar-refractivity contribution is -0.117. The number of aliphatic hydroxyl groups excluding tert-OH is 1. The van der Waals surface area contributed by atoms with Gasteiger partial charge in [-0.2, -0.15) is 5.10 Å². The fourth-order valence-electron chi connectivity index (χ4n) is 2.22. The Balaban J connectivity index is 1.92. The van der Waals surface area contributed by atoms with E-state index in [0.29, 0.717) is 6.42 Å². The van der Waals surface area contributed by atoms with Crippen LogP contribution in [0.2, 0.25) is 0 Å². The van der Waals surface area contributed by atoms with E-state index in [2.05, 4.69) is 10.4 Å². The summed E-state index contributed by atoms with van der Waals surface area (Å²) in [5.41, 5.74) is 1.95. The number of rotatable bonds is 7. The number of nitrogens with one attached hydrogen (secondary N) is 1. The van der Waals surface area contributed by atoms with Gasteiger partial charge in [0.25, 0.3) is 0 Å².